The Kier molecular flexibility index (Phi) is 35.2. The molecule has 20 rings (SSSR count). The lowest BCUT2D eigenvalue weighted by atomic mass is 9.90. The molecule has 10 heterocycles. The van der Waals surface area contributed by atoms with Crippen LogP contribution in [0.1, 0.15) is 200 Å². The van der Waals surface area contributed by atoms with Crippen molar-refractivity contribution in [1.29, 1.82) is 0 Å². The Labute approximate surface area is 831 Å². The molecule has 10 aliphatic rings. The van der Waals surface area contributed by atoms with Crippen molar-refractivity contribution in [2.75, 3.05) is 102 Å². The number of ether oxygens (including phenoxy) is 10. The van der Waals surface area contributed by atoms with Gasteiger partial charge in [-0.1, -0.05) is 255 Å². The zero-order chi connectivity index (χ0) is 96.4. The van der Waals surface area contributed by atoms with Crippen LogP contribution < -0.4 is 9.80 Å². The molecule has 0 N–H and O–H groups in total. The van der Waals surface area contributed by atoms with Crippen molar-refractivity contribution in [2.24, 2.45) is 49.9 Å². The number of benzene rings is 10. The van der Waals surface area contributed by atoms with Gasteiger partial charge in [-0.2, -0.15) is 0 Å². The van der Waals surface area contributed by atoms with Gasteiger partial charge in [0.2, 0.25) is 0 Å². The second-order valence-electron chi connectivity index (χ2n) is 35.9. The van der Waals surface area contributed by atoms with E-state index < -0.39 is 0 Å². The molecule has 26 heteroatoms. The molecule has 0 saturated heterocycles. The number of para-hydroxylation sites is 2. The molecule has 0 bridgehead atoms. The first-order valence-electron chi connectivity index (χ1n) is 48.7. The van der Waals surface area contributed by atoms with Crippen LogP contribution in [-0.2, 0) is 47.4 Å². The van der Waals surface area contributed by atoms with Gasteiger partial charge in [-0.05, 0) is 194 Å². The van der Waals surface area contributed by atoms with Crippen molar-refractivity contribution < 1.29 is 51.8 Å². The highest BCUT2D eigenvalue weighted by molar-refractivity contribution is 6.42. The molecule has 0 spiro atoms. The maximum Gasteiger partial charge on any atom is 0.193 e. The van der Waals surface area contributed by atoms with E-state index in [1.807, 2.05) is 91.9 Å². The summed E-state index contributed by atoms with van der Waals surface area (Å²) in [6.07, 6.45) is 6.81. The van der Waals surface area contributed by atoms with Gasteiger partial charge in [0.15, 0.2) is 59.0 Å². The van der Waals surface area contributed by atoms with Crippen LogP contribution in [0.4, 0.5) is 15.8 Å². The Morgan fingerprint density at radius 3 is 0.971 bits per heavy atom. The third-order valence-electron chi connectivity index (χ3n) is 26.3. The fourth-order valence-corrected chi connectivity index (χ4v) is 18.8. The zero-order valence-electron chi connectivity index (χ0n) is 80.4. The molecular formula is C113H124Cl3FN12O10. The fourth-order valence-electron chi connectivity index (χ4n) is 18.3. The first kappa shape index (κ1) is 99.3. The Hall–Kier alpha value is -12.7. The topological polar surface area (TPSA) is 222 Å². The summed E-state index contributed by atoms with van der Waals surface area (Å²) < 4.78 is 71.7. The Morgan fingerprint density at radius 1 is 0.288 bits per heavy atom. The normalized spacial score (nSPS) is 21.6. The van der Waals surface area contributed by atoms with Gasteiger partial charge in [0.1, 0.15) is 120 Å². The lowest BCUT2D eigenvalue weighted by Crippen LogP contribution is -2.32. The predicted molar refractivity (Wildman–Crippen MR) is 558 cm³/mol. The van der Waals surface area contributed by atoms with Crippen LogP contribution in [-0.4, -0.2) is 175 Å². The Morgan fingerprint density at radius 2 is 0.597 bits per heavy atom. The van der Waals surface area contributed by atoms with E-state index in [0.717, 1.165) is 103 Å². The molecule has 12 atom stereocenters. The molecular weight excluding hydrogens is 1810 g/mol. The second kappa shape index (κ2) is 49.2. The molecule has 724 valence electrons. The van der Waals surface area contributed by atoms with Crippen LogP contribution in [0.15, 0.2) is 305 Å². The van der Waals surface area contributed by atoms with Crippen LogP contribution in [0.3, 0.4) is 0 Å². The van der Waals surface area contributed by atoms with Crippen molar-refractivity contribution in [3.05, 3.63) is 342 Å². The molecule has 2 unspecified atom stereocenters. The molecule has 0 aromatic heterocycles. The number of rotatable bonds is 32. The SMILES string of the molecule is CCC(C[C@H]1COC(CC2=N[C@@H](CC(CC)c3ccccc3)CO2)=N1)c1ccccc1.CCN(C[C@H]1COC(CC2=N[C@@H](CN(CC)c3ccccc3)CO2)=N1)c1ccccc1.Cc1ccc([C@H]2COC(CC3=N[C@@H](c4ccc(Cl)c(Cl)c4)CO3)=N2)cc1Cl.Cc1cccc([C@H]2COC(CC3=N[C@@H](c4cccc(F)c4C)CO3)=N2)c1C.c1ccc([C@H]2COC(CC3=N[C@@H](c4ccccc4)CO3)=N2)cc1. The number of hydrogen-bond donors (Lipinski definition) is 0. The summed E-state index contributed by atoms with van der Waals surface area (Å²) in [4.78, 5) is 51.9. The van der Waals surface area contributed by atoms with E-state index >= 15 is 0 Å². The summed E-state index contributed by atoms with van der Waals surface area (Å²) in [6.45, 7) is 26.1. The molecule has 0 aliphatic carbocycles. The summed E-state index contributed by atoms with van der Waals surface area (Å²) >= 11 is 18.3. The van der Waals surface area contributed by atoms with Gasteiger partial charge in [-0.15, -0.1) is 0 Å². The molecule has 0 radical (unpaired) electrons. The van der Waals surface area contributed by atoms with Crippen molar-refractivity contribution in [1.82, 2.24) is 0 Å². The van der Waals surface area contributed by atoms with E-state index in [1.54, 1.807) is 19.1 Å². The van der Waals surface area contributed by atoms with E-state index in [0.29, 0.717) is 161 Å². The summed E-state index contributed by atoms with van der Waals surface area (Å²) in [7, 11) is 0. The summed E-state index contributed by atoms with van der Waals surface area (Å²) in [6, 6.07) is 86.3. The maximum atomic E-state index is 13.8. The average Bonchev–Trinajstić information content (AvgIpc) is 1.70. The summed E-state index contributed by atoms with van der Waals surface area (Å²) in [5.41, 5.74) is 15.9. The first-order chi connectivity index (χ1) is 67.9. The van der Waals surface area contributed by atoms with E-state index in [9.17, 15) is 4.39 Å². The van der Waals surface area contributed by atoms with Crippen molar-refractivity contribution in [3.8, 4) is 0 Å². The summed E-state index contributed by atoms with van der Waals surface area (Å²) in [5, 5.41) is 1.78. The van der Waals surface area contributed by atoms with Crippen LogP contribution in [0.5, 0.6) is 0 Å². The van der Waals surface area contributed by atoms with Crippen LogP contribution in [0.2, 0.25) is 15.1 Å². The molecule has 22 nitrogen and oxygen atoms in total. The zero-order valence-corrected chi connectivity index (χ0v) is 82.7. The van der Waals surface area contributed by atoms with E-state index in [2.05, 4.69) is 228 Å². The molecule has 10 aromatic rings. The van der Waals surface area contributed by atoms with Crippen LogP contribution >= 0.6 is 34.8 Å². The molecule has 0 fully saturated rings. The smallest absolute Gasteiger partial charge is 0.193 e. The number of hydrogen-bond acceptors (Lipinski definition) is 22. The average molecular weight is 1940 g/mol. The highest BCUT2D eigenvalue weighted by Gasteiger charge is 2.35. The van der Waals surface area contributed by atoms with Crippen LogP contribution in [0, 0.1) is 33.5 Å². The number of likely N-dealkylation sites (N-methyl/N-ethyl adjacent to an activating group) is 2. The molecule has 0 saturated carbocycles. The van der Waals surface area contributed by atoms with Crippen molar-refractivity contribution >= 4 is 105 Å². The minimum atomic E-state index is -0.212. The van der Waals surface area contributed by atoms with Crippen LogP contribution in [0.25, 0.3) is 0 Å². The second-order valence-corrected chi connectivity index (χ2v) is 37.2. The van der Waals surface area contributed by atoms with Crippen molar-refractivity contribution in [2.45, 2.75) is 185 Å². The third-order valence-corrected chi connectivity index (χ3v) is 27.4. The summed E-state index contributed by atoms with van der Waals surface area (Å²) in [5.74, 6) is 7.79. The minimum absolute atomic E-state index is 0.0168. The molecule has 10 aromatic carbocycles. The standard InChI is InChI=1S/C27H34N2O2.C25H32N4O2.C22H23FN2O2.C20H17Cl3N2O2.C19H18N2O2/c1-3-20(22-11-7-5-8-12-22)15-24-18-30-26(28-24)17-27-29-25(19-31-27)16-21(4-2)23-13-9-6-10-14-23;1-3-28(22-11-7-5-8-12-22)16-20-18-30-24(26-20)15-25-27-21(19-31-25)17-29(4-2)23-13-9-6-10-14-23;1-13-6-4-7-16(14(13)2)19-11-26-21(24-19)10-22-25-20(12-27-22)17-8-5-9-18(23)15(17)3;1-11-2-3-12(6-15(11)22)17-9-26-19(24-17)8-20-25-18(10-27-20)13-4-5-14(21)16(23)7-13;1-3-7-14(8-4-1)16-12-22-18(20-16)11-19-21-17(13-23-19)15-9-5-2-6-10-15/h5-14,20-21,24-25H,3-4,15-19H2,1-2H3;5-14,20-21H,3-4,15-19H2,1-2H3;4-9,19-20H,10-12H2,1-3H3;2-7,17-18H,8-10H2,1H3;1-10,16-17H,11-13H2/t20?,21?,24-,25-;20-,21-;19-,20-;17-,18-;16-,17-/m00111/s1. The largest absolute Gasteiger partial charge is 0.478 e. The highest BCUT2D eigenvalue weighted by Crippen LogP contribution is 2.38. The van der Waals surface area contributed by atoms with Gasteiger partial charge in [0, 0.05) is 42.6 Å². The van der Waals surface area contributed by atoms with Gasteiger partial charge in [-0.25, -0.2) is 54.3 Å². The minimum Gasteiger partial charge on any atom is -0.478 e. The first-order valence-corrected chi connectivity index (χ1v) is 49.8. The number of halogens is 4. The molecule has 139 heavy (non-hydrogen) atoms. The van der Waals surface area contributed by atoms with Gasteiger partial charge in [0.25, 0.3) is 0 Å². The van der Waals surface area contributed by atoms with Gasteiger partial charge in [-0.3, -0.25) is 0 Å². The Bertz CT molecular complexity index is 5570. The van der Waals surface area contributed by atoms with E-state index in [4.69, 9.17) is 107 Å². The lowest BCUT2D eigenvalue weighted by molar-refractivity contribution is 0.288. The monoisotopic (exact) mass is 1930 g/mol. The predicted octanol–water partition coefficient (Wildman–Crippen LogP) is 24.6. The number of aliphatic imine (C=N–C) groups is 10. The third kappa shape index (κ3) is 27.5. The van der Waals surface area contributed by atoms with Gasteiger partial charge in [0.05, 0.1) is 54.2 Å². The lowest BCUT2D eigenvalue weighted by Gasteiger charge is -2.24. The quantitative estimate of drug-likeness (QED) is 0.0384. The highest BCUT2D eigenvalue weighted by atomic mass is 35.5. The molecule has 0 amide bonds. The Balaban J connectivity index is 0.000000126. The number of aryl methyl sites for hydroxylation is 2. The fraction of sp³-hybridized carbons (Fsp3) is 0.381. The van der Waals surface area contributed by atoms with Gasteiger partial charge < -0.3 is 57.2 Å². The number of anilines is 2. The van der Waals surface area contributed by atoms with Gasteiger partial charge >= 0.3 is 0 Å². The maximum absolute atomic E-state index is 13.8. The van der Waals surface area contributed by atoms with E-state index in [-0.39, 0.29) is 66.2 Å². The van der Waals surface area contributed by atoms with Crippen molar-refractivity contribution in [3.63, 3.8) is 0 Å². The number of nitrogens with zero attached hydrogens (tertiary/aromatic N) is 12. The van der Waals surface area contributed by atoms with E-state index in [1.165, 1.54) is 56.4 Å². The molecule has 10 aliphatic heterocycles.